The zero-order valence-electron chi connectivity index (χ0n) is 18.8. The number of isocyanates is 2. The number of amides is 1. The van der Waals surface area contributed by atoms with Crippen molar-refractivity contribution in [2.24, 2.45) is 9.98 Å². The van der Waals surface area contributed by atoms with E-state index in [1.165, 1.54) is 12.2 Å². The molecule has 0 saturated carbocycles. The largest absolute Gasteiger partial charge is 0.462 e. The molecular formula is C24H25N3O8. The van der Waals surface area contributed by atoms with Crippen molar-refractivity contribution in [2.75, 3.05) is 19.7 Å². The monoisotopic (exact) mass is 483 g/mol. The molecule has 0 bridgehead atoms. The SMILES string of the molecule is O=C=NCCOC(=O)C(CCCCN(C(=O)Oc1ccccc1)C(O)Oc1ccccc1)N=C=O. The van der Waals surface area contributed by atoms with Crippen LogP contribution in [-0.2, 0) is 19.1 Å². The van der Waals surface area contributed by atoms with E-state index in [0.29, 0.717) is 18.6 Å². The van der Waals surface area contributed by atoms with Gasteiger partial charge in [-0.3, -0.25) is 0 Å². The van der Waals surface area contributed by atoms with Crippen molar-refractivity contribution in [3.05, 3.63) is 60.7 Å². The van der Waals surface area contributed by atoms with Crippen molar-refractivity contribution in [3.63, 3.8) is 0 Å². The standard InChI is InChI=1S/C24H25N3O8/c28-17-25-14-16-33-22(30)21(26-18-29)13-7-8-15-27(23(31)34-19-9-3-1-4-10-19)24(32)35-20-11-5-2-6-12-20/h1-6,9-12,21,23,31H,7-8,13-16H2. The van der Waals surface area contributed by atoms with Crippen LogP contribution in [-0.4, -0.2) is 66.4 Å². The first-order chi connectivity index (χ1) is 17.0. The first-order valence-electron chi connectivity index (χ1n) is 10.8. The van der Waals surface area contributed by atoms with Crippen molar-refractivity contribution in [2.45, 2.75) is 31.7 Å². The highest BCUT2D eigenvalue weighted by molar-refractivity contribution is 5.76. The molecule has 1 N–H and O–H groups in total. The van der Waals surface area contributed by atoms with Gasteiger partial charge >= 0.3 is 12.1 Å². The molecule has 0 radical (unpaired) electrons. The number of aliphatic imine (C=N–C) groups is 2. The average molecular weight is 483 g/mol. The van der Waals surface area contributed by atoms with Gasteiger partial charge in [-0.05, 0) is 43.5 Å². The number of aliphatic hydroxyl groups excluding tert-OH is 1. The van der Waals surface area contributed by atoms with E-state index in [1.807, 2.05) is 0 Å². The number of ether oxygens (including phenoxy) is 3. The molecule has 2 unspecified atom stereocenters. The van der Waals surface area contributed by atoms with Gasteiger partial charge in [-0.15, -0.1) is 0 Å². The van der Waals surface area contributed by atoms with E-state index in [4.69, 9.17) is 14.2 Å². The summed E-state index contributed by atoms with van der Waals surface area (Å²) in [5.41, 5.74) is 0. The number of rotatable bonds is 14. The van der Waals surface area contributed by atoms with E-state index in [9.17, 15) is 24.3 Å². The van der Waals surface area contributed by atoms with Gasteiger partial charge in [0.25, 0.3) is 6.41 Å². The number of benzene rings is 2. The lowest BCUT2D eigenvalue weighted by Crippen LogP contribution is -2.45. The highest BCUT2D eigenvalue weighted by atomic mass is 16.6. The lowest BCUT2D eigenvalue weighted by Gasteiger charge is -2.27. The lowest BCUT2D eigenvalue weighted by molar-refractivity contribution is -0.145. The zero-order valence-corrected chi connectivity index (χ0v) is 18.8. The van der Waals surface area contributed by atoms with Gasteiger partial charge in [0.05, 0.1) is 6.54 Å². The van der Waals surface area contributed by atoms with E-state index >= 15 is 0 Å². The zero-order chi connectivity index (χ0) is 25.3. The van der Waals surface area contributed by atoms with Crippen LogP contribution in [0.5, 0.6) is 11.5 Å². The quantitative estimate of drug-likeness (QED) is 0.142. The molecular weight excluding hydrogens is 458 g/mol. The summed E-state index contributed by atoms with van der Waals surface area (Å²) in [5, 5.41) is 10.6. The number of hydrogen-bond donors (Lipinski definition) is 1. The summed E-state index contributed by atoms with van der Waals surface area (Å²) in [6, 6.07) is 15.7. The van der Waals surface area contributed by atoms with Crippen molar-refractivity contribution in [1.82, 2.24) is 4.90 Å². The summed E-state index contributed by atoms with van der Waals surface area (Å²) in [6.45, 7) is -0.189. The van der Waals surface area contributed by atoms with Crippen molar-refractivity contribution in [1.29, 1.82) is 0 Å². The highest BCUT2D eigenvalue weighted by Gasteiger charge is 2.26. The average Bonchev–Trinajstić information content (AvgIpc) is 2.86. The van der Waals surface area contributed by atoms with Crippen molar-refractivity contribution in [3.8, 4) is 11.5 Å². The summed E-state index contributed by atoms with van der Waals surface area (Å²) in [4.78, 5) is 53.2. The molecule has 11 nitrogen and oxygen atoms in total. The molecule has 2 rings (SSSR count). The number of para-hydroxylation sites is 2. The number of nitrogens with zero attached hydrogens (tertiary/aromatic N) is 3. The minimum atomic E-state index is -1.64. The summed E-state index contributed by atoms with van der Waals surface area (Å²) < 4.78 is 15.7. The minimum Gasteiger partial charge on any atom is -0.462 e. The number of carbonyl (C=O) groups excluding carboxylic acids is 4. The fraction of sp³-hybridized carbons (Fsp3) is 0.333. The summed E-state index contributed by atoms with van der Waals surface area (Å²) in [6.07, 6.45) is 0.960. The van der Waals surface area contributed by atoms with E-state index in [0.717, 1.165) is 4.90 Å². The molecule has 2 aromatic carbocycles. The van der Waals surface area contributed by atoms with Gasteiger partial charge in [0.1, 0.15) is 18.1 Å². The van der Waals surface area contributed by atoms with Crippen LogP contribution in [0.2, 0.25) is 0 Å². The summed E-state index contributed by atoms with van der Waals surface area (Å²) in [5.74, 6) is -0.127. The molecule has 184 valence electrons. The first kappa shape index (κ1) is 26.9. The molecule has 0 fully saturated rings. The molecule has 2 aromatic rings. The topological polar surface area (TPSA) is 144 Å². The van der Waals surface area contributed by atoms with Crippen LogP contribution in [0.15, 0.2) is 70.6 Å². The maximum atomic E-state index is 12.7. The predicted octanol–water partition coefficient (Wildman–Crippen LogP) is 2.60. The Morgan fingerprint density at radius 1 is 0.943 bits per heavy atom. The molecule has 0 spiro atoms. The van der Waals surface area contributed by atoms with Gasteiger partial charge in [0.15, 0.2) is 6.04 Å². The summed E-state index contributed by atoms with van der Waals surface area (Å²) >= 11 is 0. The molecule has 0 aliphatic rings. The number of esters is 1. The molecule has 0 aromatic heterocycles. The maximum absolute atomic E-state index is 12.7. The van der Waals surface area contributed by atoms with Crippen molar-refractivity contribution >= 4 is 24.2 Å². The molecule has 0 saturated heterocycles. The van der Waals surface area contributed by atoms with Gasteiger partial charge in [-0.1, -0.05) is 36.4 Å². The molecule has 0 heterocycles. The third kappa shape index (κ3) is 10.0. The van der Waals surface area contributed by atoms with E-state index in [2.05, 4.69) is 9.98 Å². The summed E-state index contributed by atoms with van der Waals surface area (Å²) in [7, 11) is 0. The van der Waals surface area contributed by atoms with Crippen LogP contribution < -0.4 is 9.47 Å². The van der Waals surface area contributed by atoms with Crippen LogP contribution >= 0.6 is 0 Å². The van der Waals surface area contributed by atoms with Gasteiger partial charge in [0, 0.05) is 6.54 Å². The van der Waals surface area contributed by atoms with Gasteiger partial charge in [-0.2, -0.15) is 4.99 Å². The maximum Gasteiger partial charge on any atom is 0.420 e. The first-order valence-corrected chi connectivity index (χ1v) is 10.8. The Bertz CT molecular complexity index is 1020. The molecule has 1 amide bonds. The van der Waals surface area contributed by atoms with Crippen LogP contribution in [0.25, 0.3) is 0 Å². The Labute approximate surface area is 201 Å². The molecule has 0 aliphatic carbocycles. The second-order valence-electron chi connectivity index (χ2n) is 7.00. The van der Waals surface area contributed by atoms with Gasteiger partial charge in [0.2, 0.25) is 12.2 Å². The van der Waals surface area contributed by atoms with Crippen LogP contribution in [0.4, 0.5) is 4.79 Å². The molecule has 2 atom stereocenters. The Kier molecular flexibility index (Phi) is 12.0. The molecule has 11 heteroatoms. The Morgan fingerprint density at radius 2 is 1.60 bits per heavy atom. The Morgan fingerprint density at radius 3 is 2.23 bits per heavy atom. The smallest absolute Gasteiger partial charge is 0.420 e. The fourth-order valence-corrected chi connectivity index (χ4v) is 2.88. The van der Waals surface area contributed by atoms with Gasteiger partial charge in [-0.25, -0.2) is 29.1 Å². The molecule has 0 aliphatic heterocycles. The van der Waals surface area contributed by atoms with E-state index < -0.39 is 24.5 Å². The van der Waals surface area contributed by atoms with Gasteiger partial charge < -0.3 is 19.3 Å². The lowest BCUT2D eigenvalue weighted by atomic mass is 10.1. The second-order valence-corrected chi connectivity index (χ2v) is 7.00. The minimum absolute atomic E-state index is 0.0142. The Hall–Kier alpha value is -4.30. The van der Waals surface area contributed by atoms with E-state index in [1.54, 1.807) is 60.7 Å². The highest BCUT2D eigenvalue weighted by Crippen LogP contribution is 2.16. The third-order valence-electron chi connectivity index (χ3n) is 4.55. The number of hydrogen-bond acceptors (Lipinski definition) is 10. The predicted molar refractivity (Wildman–Crippen MR) is 122 cm³/mol. The number of unbranched alkanes of at least 4 members (excludes halogenated alkanes) is 1. The van der Waals surface area contributed by atoms with Crippen LogP contribution in [0.3, 0.4) is 0 Å². The van der Waals surface area contributed by atoms with Crippen molar-refractivity contribution < 1.29 is 38.5 Å². The Balaban J connectivity index is 1.97. The normalized spacial score (nSPS) is 11.7. The van der Waals surface area contributed by atoms with E-state index in [-0.39, 0.29) is 31.9 Å². The second kappa shape index (κ2) is 15.5. The molecule has 35 heavy (non-hydrogen) atoms. The third-order valence-corrected chi connectivity index (χ3v) is 4.55. The number of aliphatic hydroxyl groups is 1. The van der Waals surface area contributed by atoms with Crippen LogP contribution in [0.1, 0.15) is 19.3 Å². The fourth-order valence-electron chi connectivity index (χ4n) is 2.88. The number of carbonyl (C=O) groups is 2. The van der Waals surface area contributed by atoms with Crippen LogP contribution in [0, 0.1) is 0 Å².